The summed E-state index contributed by atoms with van der Waals surface area (Å²) in [5, 5.41) is 0. The molecule has 1 nitrogen and oxygen atoms in total. The van der Waals surface area contributed by atoms with E-state index in [2.05, 4.69) is 61.1 Å². The predicted molar refractivity (Wildman–Crippen MR) is 142 cm³/mol. The number of ether oxygens (including phenoxy) is 1. The lowest BCUT2D eigenvalue weighted by molar-refractivity contribution is 0.318. The first-order valence-electron chi connectivity index (χ1n) is 11.0. The maximum Gasteiger partial charge on any atom is 0.136 e. The highest BCUT2D eigenvalue weighted by Gasteiger charge is 2.09. The molecule has 0 spiro atoms. The van der Waals surface area contributed by atoms with Gasteiger partial charge in [0, 0.05) is 16.7 Å². The van der Waals surface area contributed by atoms with Crippen molar-refractivity contribution in [3.05, 3.63) is 101 Å². The standard InChI is InChI=1S/C29H28OS2/c31-20-8-7-14-26-22-28(18-16-25-12-5-2-6-13-25)29(30-19-9-21-32)23-27(26)17-15-24-10-3-1-4-11-24/h1-6,10-13,22-23,31-32H,7-9,14,19-21H2. The zero-order valence-corrected chi connectivity index (χ0v) is 20.0. The summed E-state index contributed by atoms with van der Waals surface area (Å²) in [4.78, 5) is 0. The van der Waals surface area contributed by atoms with Crippen LogP contribution in [0.4, 0.5) is 0 Å². The molecule has 0 N–H and O–H groups in total. The van der Waals surface area contributed by atoms with E-state index in [9.17, 15) is 0 Å². The van der Waals surface area contributed by atoms with Crippen LogP contribution in [0.2, 0.25) is 0 Å². The average molecular weight is 457 g/mol. The van der Waals surface area contributed by atoms with Crippen LogP contribution in [0, 0.1) is 23.7 Å². The van der Waals surface area contributed by atoms with Crippen molar-refractivity contribution < 1.29 is 4.74 Å². The monoisotopic (exact) mass is 456 g/mol. The zero-order valence-electron chi connectivity index (χ0n) is 18.2. The van der Waals surface area contributed by atoms with E-state index in [0.29, 0.717) is 6.61 Å². The normalized spacial score (nSPS) is 9.94. The van der Waals surface area contributed by atoms with E-state index in [4.69, 9.17) is 4.74 Å². The number of aryl methyl sites for hydroxylation is 1. The fourth-order valence-corrected chi connectivity index (χ4v) is 3.51. The summed E-state index contributed by atoms with van der Waals surface area (Å²) in [7, 11) is 0. The van der Waals surface area contributed by atoms with E-state index in [1.807, 2.05) is 60.7 Å². The summed E-state index contributed by atoms with van der Waals surface area (Å²) < 4.78 is 6.11. The molecule has 0 unspecified atom stereocenters. The van der Waals surface area contributed by atoms with E-state index in [1.54, 1.807) is 0 Å². The first-order valence-corrected chi connectivity index (χ1v) is 12.2. The average Bonchev–Trinajstić information content (AvgIpc) is 2.84. The maximum absolute atomic E-state index is 6.11. The fraction of sp³-hybridized carbons (Fsp3) is 0.241. The van der Waals surface area contributed by atoms with E-state index in [0.717, 1.165) is 65.2 Å². The molecule has 0 aliphatic heterocycles. The van der Waals surface area contributed by atoms with Crippen LogP contribution in [0.1, 0.15) is 47.1 Å². The SMILES string of the molecule is SCCCCc1cc(C#Cc2ccccc2)c(OCCCS)cc1C#Cc1ccccc1. The second-order valence-electron chi connectivity index (χ2n) is 7.34. The molecule has 32 heavy (non-hydrogen) atoms. The first-order chi connectivity index (χ1) is 15.8. The summed E-state index contributed by atoms with van der Waals surface area (Å²) in [6.07, 6.45) is 3.95. The number of hydrogen-bond donors (Lipinski definition) is 2. The van der Waals surface area contributed by atoms with Gasteiger partial charge in [-0.1, -0.05) is 60.1 Å². The highest BCUT2D eigenvalue weighted by molar-refractivity contribution is 7.80. The molecule has 0 radical (unpaired) electrons. The largest absolute Gasteiger partial charge is 0.492 e. The van der Waals surface area contributed by atoms with Gasteiger partial charge in [0.05, 0.1) is 12.2 Å². The van der Waals surface area contributed by atoms with E-state index < -0.39 is 0 Å². The summed E-state index contributed by atoms with van der Waals surface area (Å²) in [5.74, 6) is 15.7. The Bertz CT molecular complexity index is 1010. The van der Waals surface area contributed by atoms with Crippen LogP contribution in [-0.4, -0.2) is 18.1 Å². The first kappa shape index (κ1) is 23.9. The van der Waals surface area contributed by atoms with Crippen LogP contribution in [0.15, 0.2) is 72.8 Å². The Kier molecular flexibility index (Phi) is 10.2. The molecule has 0 bridgehead atoms. The van der Waals surface area contributed by atoms with Gasteiger partial charge in [-0.3, -0.25) is 0 Å². The minimum atomic E-state index is 0.605. The van der Waals surface area contributed by atoms with Gasteiger partial charge in [0.2, 0.25) is 0 Å². The molecular weight excluding hydrogens is 428 g/mol. The van der Waals surface area contributed by atoms with Crippen molar-refractivity contribution in [1.82, 2.24) is 0 Å². The van der Waals surface area contributed by atoms with Crippen LogP contribution in [0.3, 0.4) is 0 Å². The zero-order chi connectivity index (χ0) is 22.4. The minimum Gasteiger partial charge on any atom is -0.492 e. The van der Waals surface area contributed by atoms with Gasteiger partial charge in [0.25, 0.3) is 0 Å². The van der Waals surface area contributed by atoms with Gasteiger partial charge >= 0.3 is 0 Å². The summed E-state index contributed by atoms with van der Waals surface area (Å²) in [6, 6.07) is 24.3. The molecule has 0 amide bonds. The molecule has 0 aromatic heterocycles. The van der Waals surface area contributed by atoms with Gasteiger partial charge in [-0.2, -0.15) is 25.3 Å². The molecule has 3 heteroatoms. The lowest BCUT2D eigenvalue weighted by Crippen LogP contribution is -2.02. The van der Waals surface area contributed by atoms with Gasteiger partial charge in [0.15, 0.2) is 0 Å². The smallest absolute Gasteiger partial charge is 0.136 e. The van der Waals surface area contributed by atoms with Crippen molar-refractivity contribution in [3.63, 3.8) is 0 Å². The minimum absolute atomic E-state index is 0.605. The van der Waals surface area contributed by atoms with Crippen LogP contribution >= 0.6 is 25.3 Å². The van der Waals surface area contributed by atoms with E-state index in [-0.39, 0.29) is 0 Å². The highest BCUT2D eigenvalue weighted by atomic mass is 32.1. The summed E-state index contributed by atoms with van der Waals surface area (Å²) >= 11 is 8.67. The second-order valence-corrected chi connectivity index (χ2v) is 8.24. The van der Waals surface area contributed by atoms with Crippen LogP contribution in [-0.2, 0) is 6.42 Å². The molecule has 0 atom stereocenters. The lowest BCUT2D eigenvalue weighted by Gasteiger charge is -2.12. The number of benzene rings is 3. The molecule has 3 rings (SSSR count). The van der Waals surface area contributed by atoms with Crippen LogP contribution in [0.5, 0.6) is 5.75 Å². The third kappa shape index (κ3) is 7.76. The van der Waals surface area contributed by atoms with E-state index in [1.165, 1.54) is 5.56 Å². The number of unbranched alkanes of at least 4 members (excludes halogenated alkanes) is 1. The van der Waals surface area contributed by atoms with Gasteiger partial charge in [0.1, 0.15) is 5.75 Å². The lowest BCUT2D eigenvalue weighted by atomic mass is 9.98. The van der Waals surface area contributed by atoms with Crippen molar-refractivity contribution in [1.29, 1.82) is 0 Å². The summed E-state index contributed by atoms with van der Waals surface area (Å²) in [5.41, 5.74) is 5.09. The van der Waals surface area contributed by atoms with Crippen molar-refractivity contribution in [2.45, 2.75) is 25.7 Å². The topological polar surface area (TPSA) is 9.23 Å². The summed E-state index contributed by atoms with van der Waals surface area (Å²) in [6.45, 7) is 0.605. The molecule has 3 aromatic carbocycles. The van der Waals surface area contributed by atoms with E-state index >= 15 is 0 Å². The molecule has 162 valence electrons. The Morgan fingerprint density at radius 3 is 1.81 bits per heavy atom. The molecule has 0 heterocycles. The Labute approximate surface area is 203 Å². The molecular formula is C29H28OS2. The Morgan fingerprint density at radius 2 is 1.22 bits per heavy atom. The van der Waals surface area contributed by atoms with Crippen molar-refractivity contribution >= 4 is 25.3 Å². The van der Waals surface area contributed by atoms with Gasteiger partial charge in [-0.25, -0.2) is 0 Å². The van der Waals surface area contributed by atoms with Crippen molar-refractivity contribution in [3.8, 4) is 29.4 Å². The molecule has 0 saturated heterocycles. The number of thiol groups is 2. The molecule has 3 aromatic rings. The van der Waals surface area contributed by atoms with Gasteiger partial charge in [-0.15, -0.1) is 0 Å². The Hall–Kier alpha value is -2.72. The second kappa shape index (κ2) is 13.6. The fourth-order valence-electron chi connectivity index (χ4n) is 3.16. The highest BCUT2D eigenvalue weighted by Crippen LogP contribution is 2.25. The van der Waals surface area contributed by atoms with Crippen LogP contribution in [0.25, 0.3) is 0 Å². The Morgan fingerprint density at radius 1 is 0.625 bits per heavy atom. The number of rotatable bonds is 8. The van der Waals surface area contributed by atoms with Gasteiger partial charge in [-0.05, 0) is 79.2 Å². The van der Waals surface area contributed by atoms with Gasteiger partial charge < -0.3 is 4.74 Å². The maximum atomic E-state index is 6.11. The Balaban J connectivity index is 2.01. The van der Waals surface area contributed by atoms with Crippen molar-refractivity contribution in [2.75, 3.05) is 18.1 Å². The molecule has 0 fully saturated rings. The third-order valence-corrected chi connectivity index (χ3v) is 5.48. The predicted octanol–water partition coefficient (Wildman–Crippen LogP) is 6.44. The number of hydrogen-bond acceptors (Lipinski definition) is 3. The molecule has 0 aliphatic carbocycles. The molecule has 0 aliphatic rings. The molecule has 0 saturated carbocycles. The third-order valence-electron chi connectivity index (χ3n) is 4.85. The van der Waals surface area contributed by atoms with Crippen LogP contribution < -0.4 is 4.74 Å². The quantitative estimate of drug-likeness (QED) is 0.225. The van der Waals surface area contributed by atoms with Crippen molar-refractivity contribution in [2.24, 2.45) is 0 Å².